The first-order valence-electron chi connectivity index (χ1n) is 8.53. The van der Waals surface area contributed by atoms with E-state index >= 15 is 0 Å². The van der Waals surface area contributed by atoms with Crippen LogP contribution >= 0.6 is 0 Å². The number of nitrogens with zero attached hydrogens (tertiary/aromatic N) is 2. The maximum absolute atomic E-state index is 13.4. The van der Waals surface area contributed by atoms with Gasteiger partial charge in [0.2, 0.25) is 10.0 Å². The van der Waals surface area contributed by atoms with Gasteiger partial charge in [-0.2, -0.15) is 4.31 Å². The summed E-state index contributed by atoms with van der Waals surface area (Å²) in [7, 11) is -3.99. The predicted octanol–water partition coefficient (Wildman–Crippen LogP) is 1.94. The van der Waals surface area contributed by atoms with E-state index in [1.165, 1.54) is 10.5 Å². The Hall–Kier alpha value is -2.39. The molecule has 1 aromatic carbocycles. The van der Waals surface area contributed by atoms with Gasteiger partial charge in [0.1, 0.15) is 11.6 Å². The highest BCUT2D eigenvalue weighted by atomic mass is 32.2. The topological polar surface area (TPSA) is 79.4 Å². The first kappa shape index (κ1) is 18.0. The Morgan fingerprint density at radius 1 is 1.19 bits per heavy atom. The molecule has 2 aromatic rings. The largest absolute Gasteiger partial charge is 0.349 e. The number of fused-ring (bicyclic) bond motifs is 2. The molecule has 27 heavy (non-hydrogen) atoms. The quantitative estimate of drug-likeness (QED) is 0.861. The maximum Gasteiger partial charge on any atom is 0.253 e. The lowest BCUT2D eigenvalue weighted by Crippen LogP contribution is -2.47. The lowest BCUT2D eigenvalue weighted by molar-refractivity contribution is 0.0919. The molecule has 1 aliphatic heterocycles. The van der Waals surface area contributed by atoms with Crippen molar-refractivity contribution in [1.29, 1.82) is 0 Å². The Kier molecular flexibility index (Phi) is 4.43. The van der Waals surface area contributed by atoms with Crippen LogP contribution in [0.5, 0.6) is 0 Å². The molecule has 1 aliphatic carbocycles. The van der Waals surface area contributed by atoms with Crippen LogP contribution in [0.1, 0.15) is 23.2 Å². The lowest BCUT2D eigenvalue weighted by Gasteiger charge is -2.31. The fourth-order valence-electron chi connectivity index (χ4n) is 3.95. The molecule has 1 N–H and O–H groups in total. The summed E-state index contributed by atoms with van der Waals surface area (Å²) in [6.07, 6.45) is 4.12. The number of rotatable bonds is 4. The van der Waals surface area contributed by atoms with Crippen molar-refractivity contribution in [2.24, 2.45) is 5.92 Å². The van der Waals surface area contributed by atoms with Gasteiger partial charge in [0, 0.05) is 37.1 Å². The fourth-order valence-corrected chi connectivity index (χ4v) is 5.69. The minimum Gasteiger partial charge on any atom is -0.349 e. The number of carbonyl (C=O) groups excluding carboxylic acids is 1. The molecule has 1 saturated heterocycles. The van der Waals surface area contributed by atoms with Crippen LogP contribution in [0.25, 0.3) is 0 Å². The monoisotopic (exact) mass is 393 g/mol. The summed E-state index contributed by atoms with van der Waals surface area (Å²) in [5, 5.41) is 2.94. The molecule has 9 heteroatoms. The van der Waals surface area contributed by atoms with Gasteiger partial charge >= 0.3 is 0 Å². The van der Waals surface area contributed by atoms with Gasteiger partial charge in [0.05, 0.1) is 10.5 Å². The second kappa shape index (κ2) is 6.65. The summed E-state index contributed by atoms with van der Waals surface area (Å²) in [6.45, 7) is 0.211. The Morgan fingerprint density at radius 2 is 1.93 bits per heavy atom. The number of amides is 1. The number of benzene rings is 1. The Labute approximate surface area is 155 Å². The van der Waals surface area contributed by atoms with E-state index in [0.717, 1.165) is 12.1 Å². The summed E-state index contributed by atoms with van der Waals surface area (Å²) >= 11 is 0. The number of aromatic nitrogens is 1. The van der Waals surface area contributed by atoms with Gasteiger partial charge in [0.15, 0.2) is 0 Å². The van der Waals surface area contributed by atoms with E-state index < -0.39 is 21.7 Å². The zero-order valence-electron chi connectivity index (χ0n) is 14.2. The molecule has 3 atom stereocenters. The molecule has 2 aliphatic rings. The van der Waals surface area contributed by atoms with Gasteiger partial charge in [-0.15, -0.1) is 0 Å². The molecule has 1 aromatic heterocycles. The van der Waals surface area contributed by atoms with Crippen molar-refractivity contribution in [3.63, 3.8) is 0 Å². The third-order valence-corrected chi connectivity index (χ3v) is 7.07. The van der Waals surface area contributed by atoms with Gasteiger partial charge in [0.25, 0.3) is 5.91 Å². The van der Waals surface area contributed by atoms with E-state index in [1.807, 2.05) is 0 Å². The zero-order chi connectivity index (χ0) is 19.2. The normalized spacial score (nSPS) is 24.9. The lowest BCUT2D eigenvalue weighted by atomic mass is 10.0. The molecule has 0 unspecified atom stereocenters. The molecule has 142 valence electrons. The number of piperidine rings is 1. The van der Waals surface area contributed by atoms with E-state index in [4.69, 9.17) is 0 Å². The number of sulfonamides is 1. The summed E-state index contributed by atoms with van der Waals surface area (Å²) in [5.41, 5.74) is 0.444. The highest BCUT2D eigenvalue weighted by Gasteiger charge is 2.49. The molecular weight excluding hydrogens is 376 g/mol. The third kappa shape index (κ3) is 3.32. The molecule has 2 heterocycles. The first-order valence-corrected chi connectivity index (χ1v) is 9.97. The average Bonchev–Trinajstić information content (AvgIpc) is 3.22. The molecule has 2 fully saturated rings. The van der Waals surface area contributed by atoms with Crippen LogP contribution in [0, 0.1) is 17.6 Å². The Bertz CT molecular complexity index is 964. The van der Waals surface area contributed by atoms with Crippen molar-refractivity contribution in [2.75, 3.05) is 6.54 Å². The number of halogens is 2. The van der Waals surface area contributed by atoms with Crippen molar-refractivity contribution in [3.05, 3.63) is 59.9 Å². The van der Waals surface area contributed by atoms with Crippen molar-refractivity contribution in [1.82, 2.24) is 14.6 Å². The van der Waals surface area contributed by atoms with E-state index in [9.17, 15) is 22.0 Å². The third-order valence-electron chi connectivity index (χ3n) is 5.17. The Balaban J connectivity index is 1.48. The van der Waals surface area contributed by atoms with Crippen LogP contribution in [-0.2, 0) is 10.0 Å². The zero-order valence-corrected chi connectivity index (χ0v) is 15.0. The second-order valence-electron chi connectivity index (χ2n) is 6.89. The second-order valence-corrected chi connectivity index (χ2v) is 8.78. The summed E-state index contributed by atoms with van der Waals surface area (Å²) in [5.74, 6) is -2.15. The van der Waals surface area contributed by atoms with E-state index in [-0.39, 0.29) is 35.3 Å². The number of hydrogen-bond donors (Lipinski definition) is 1. The van der Waals surface area contributed by atoms with E-state index in [1.54, 1.807) is 18.3 Å². The van der Waals surface area contributed by atoms with E-state index in [0.29, 0.717) is 24.5 Å². The average molecular weight is 393 g/mol. The number of pyridine rings is 1. The van der Waals surface area contributed by atoms with Crippen molar-refractivity contribution in [3.8, 4) is 0 Å². The van der Waals surface area contributed by atoms with E-state index in [2.05, 4.69) is 10.3 Å². The van der Waals surface area contributed by atoms with Gasteiger partial charge in [-0.25, -0.2) is 17.2 Å². The minimum atomic E-state index is -3.99. The molecule has 2 bridgehead atoms. The van der Waals surface area contributed by atoms with Crippen LogP contribution in [-0.4, -0.2) is 42.2 Å². The number of nitrogens with one attached hydrogen (secondary N) is 1. The van der Waals surface area contributed by atoms with Gasteiger partial charge in [-0.1, -0.05) is 0 Å². The predicted molar refractivity (Wildman–Crippen MR) is 92.3 cm³/mol. The maximum atomic E-state index is 13.4. The molecule has 4 rings (SSSR count). The molecule has 1 amide bonds. The van der Waals surface area contributed by atoms with Gasteiger partial charge in [-0.3, -0.25) is 9.78 Å². The molecule has 0 spiro atoms. The molecule has 0 radical (unpaired) electrons. The van der Waals surface area contributed by atoms with Crippen LogP contribution in [0.3, 0.4) is 0 Å². The van der Waals surface area contributed by atoms with Crippen molar-refractivity contribution >= 4 is 15.9 Å². The van der Waals surface area contributed by atoms with Crippen LogP contribution in [0.4, 0.5) is 8.78 Å². The van der Waals surface area contributed by atoms with Crippen LogP contribution < -0.4 is 5.32 Å². The van der Waals surface area contributed by atoms with Crippen LogP contribution in [0.2, 0.25) is 0 Å². The van der Waals surface area contributed by atoms with Gasteiger partial charge < -0.3 is 5.32 Å². The molecule has 6 nitrogen and oxygen atoms in total. The molecule has 1 saturated carbocycles. The van der Waals surface area contributed by atoms with Crippen molar-refractivity contribution < 1.29 is 22.0 Å². The standard InChI is InChI=1S/C18H17F2N3O3S/c19-13-5-14(20)7-16(6-13)27(25,26)23-10-12-4-15(23)8-17(12)22-18(24)11-2-1-3-21-9-11/h1-3,5-7,9,12,15,17H,4,8,10H2,(H,22,24)/t12-,15-,17-/m0/s1. The highest BCUT2D eigenvalue weighted by Crippen LogP contribution is 2.41. The summed E-state index contributed by atoms with van der Waals surface area (Å²) in [6, 6.07) is 5.17. The number of hydrogen-bond acceptors (Lipinski definition) is 4. The highest BCUT2D eigenvalue weighted by molar-refractivity contribution is 7.89. The minimum absolute atomic E-state index is 0.0381. The van der Waals surface area contributed by atoms with Crippen molar-refractivity contribution in [2.45, 2.75) is 29.8 Å². The Morgan fingerprint density at radius 3 is 2.52 bits per heavy atom. The van der Waals surface area contributed by atoms with Gasteiger partial charge in [-0.05, 0) is 43.0 Å². The SMILES string of the molecule is O=C(N[C@H]1C[C@@H]2C[C@H]1CN2S(=O)(=O)c1cc(F)cc(F)c1)c1cccnc1. The fraction of sp³-hybridized carbons (Fsp3) is 0.333. The smallest absolute Gasteiger partial charge is 0.253 e. The molecular formula is C18H17F2N3O3S. The van der Waals surface area contributed by atoms with Crippen LogP contribution in [0.15, 0.2) is 47.6 Å². The first-order chi connectivity index (χ1) is 12.8. The summed E-state index contributed by atoms with van der Waals surface area (Å²) in [4.78, 5) is 15.8. The summed E-state index contributed by atoms with van der Waals surface area (Å²) < 4.78 is 53.7. The number of carbonyl (C=O) groups is 1.